The molecule has 0 saturated heterocycles. The molecule has 0 radical (unpaired) electrons. The minimum Gasteiger partial charge on any atom is -0.497 e. The van der Waals surface area contributed by atoms with Crippen LogP contribution >= 0.6 is 11.6 Å². The van der Waals surface area contributed by atoms with E-state index in [2.05, 4.69) is 10.6 Å². The van der Waals surface area contributed by atoms with E-state index in [9.17, 15) is 4.79 Å². The monoisotopic (exact) mass is 471 g/mol. The zero-order chi connectivity index (χ0) is 23.7. The van der Waals surface area contributed by atoms with Crippen LogP contribution in [0.15, 0.2) is 90.1 Å². The summed E-state index contributed by atoms with van der Waals surface area (Å²) in [5.74, 6) is 1.55. The average Bonchev–Trinajstić information content (AvgIpc) is 3.27. The second-order valence-corrected chi connectivity index (χ2v) is 8.31. The molecular formula is C26H22ClN5O2. The molecule has 0 bridgehead atoms. The third-order valence-corrected chi connectivity index (χ3v) is 5.89. The number of amides is 1. The first-order valence-corrected chi connectivity index (χ1v) is 11.1. The number of anilines is 2. The number of halogens is 1. The van der Waals surface area contributed by atoms with Crippen LogP contribution in [-0.2, 0) is 4.79 Å². The number of benzene rings is 3. The molecule has 8 heteroatoms. The first-order chi connectivity index (χ1) is 16.5. The number of carbonyl (C=O) groups is 1. The summed E-state index contributed by atoms with van der Waals surface area (Å²) in [7, 11) is 1.62. The van der Waals surface area contributed by atoms with Crippen molar-refractivity contribution in [3.63, 3.8) is 0 Å². The largest absolute Gasteiger partial charge is 0.497 e. The fourth-order valence-corrected chi connectivity index (χ4v) is 4.13. The van der Waals surface area contributed by atoms with Gasteiger partial charge in [-0.15, -0.1) is 5.10 Å². The van der Waals surface area contributed by atoms with Gasteiger partial charge in [-0.1, -0.05) is 41.9 Å². The van der Waals surface area contributed by atoms with Gasteiger partial charge in [0.25, 0.3) is 5.91 Å². The highest BCUT2D eigenvalue weighted by molar-refractivity contribution is 6.30. The van der Waals surface area contributed by atoms with E-state index in [1.807, 2.05) is 73.7 Å². The number of para-hydroxylation sites is 1. The van der Waals surface area contributed by atoms with Crippen LogP contribution in [0.2, 0.25) is 5.02 Å². The number of rotatable bonds is 5. The van der Waals surface area contributed by atoms with E-state index >= 15 is 0 Å². The predicted octanol–water partition coefficient (Wildman–Crippen LogP) is 5.53. The van der Waals surface area contributed by atoms with Crippen molar-refractivity contribution in [1.29, 1.82) is 0 Å². The second kappa shape index (κ2) is 9.03. The zero-order valence-corrected chi connectivity index (χ0v) is 19.4. The third-order valence-electron chi connectivity index (χ3n) is 5.64. The van der Waals surface area contributed by atoms with E-state index in [4.69, 9.17) is 26.4 Å². The van der Waals surface area contributed by atoms with E-state index < -0.39 is 6.04 Å². The molecule has 1 aliphatic heterocycles. The van der Waals surface area contributed by atoms with Gasteiger partial charge in [-0.25, -0.2) is 4.68 Å². The minimum atomic E-state index is -0.511. The summed E-state index contributed by atoms with van der Waals surface area (Å²) in [6.45, 7) is 1.87. The lowest BCUT2D eigenvalue weighted by Crippen LogP contribution is -2.31. The van der Waals surface area contributed by atoms with Crippen molar-refractivity contribution in [3.05, 3.63) is 101 Å². The number of fused-ring (bicyclic) bond motifs is 1. The molecule has 1 atom stereocenters. The molecule has 0 aliphatic carbocycles. The van der Waals surface area contributed by atoms with Gasteiger partial charge < -0.3 is 15.4 Å². The standard InChI is InChI=1S/C26H22ClN5O2/c1-16-22(25(33)29-20-8-4-3-5-9-20)23(18-7-6-10-21(15-18)34-2)32-26(28-16)30-24(31-32)17-11-13-19(27)14-12-17/h3-15,23H,1-2H3,(H,29,33)(H,28,30,31). The Morgan fingerprint density at radius 1 is 1.06 bits per heavy atom. The number of ether oxygens (including phenoxy) is 1. The average molecular weight is 472 g/mol. The molecular weight excluding hydrogens is 450 g/mol. The second-order valence-electron chi connectivity index (χ2n) is 7.87. The number of nitrogens with one attached hydrogen (secondary N) is 2. The highest BCUT2D eigenvalue weighted by Gasteiger charge is 2.34. The van der Waals surface area contributed by atoms with E-state index in [1.165, 1.54) is 0 Å². The highest BCUT2D eigenvalue weighted by Crippen LogP contribution is 2.37. The Morgan fingerprint density at radius 2 is 1.82 bits per heavy atom. The molecule has 0 fully saturated rings. The lowest BCUT2D eigenvalue weighted by molar-refractivity contribution is -0.113. The smallest absolute Gasteiger partial charge is 0.255 e. The molecule has 0 saturated carbocycles. The number of nitrogens with zero attached hydrogens (tertiary/aromatic N) is 3. The summed E-state index contributed by atoms with van der Waals surface area (Å²) in [6.07, 6.45) is 0. The molecule has 34 heavy (non-hydrogen) atoms. The number of carbonyl (C=O) groups excluding carboxylic acids is 1. The van der Waals surface area contributed by atoms with Crippen LogP contribution in [0.25, 0.3) is 11.4 Å². The Bertz CT molecular complexity index is 1380. The van der Waals surface area contributed by atoms with Gasteiger partial charge in [0, 0.05) is 22.0 Å². The maximum Gasteiger partial charge on any atom is 0.255 e. The zero-order valence-electron chi connectivity index (χ0n) is 18.6. The topological polar surface area (TPSA) is 81.1 Å². The van der Waals surface area contributed by atoms with Crippen molar-refractivity contribution in [2.75, 3.05) is 17.7 Å². The van der Waals surface area contributed by atoms with E-state index in [0.717, 1.165) is 11.1 Å². The van der Waals surface area contributed by atoms with Crippen LogP contribution in [0.3, 0.4) is 0 Å². The first kappa shape index (κ1) is 21.7. The number of hydrogen-bond donors (Lipinski definition) is 2. The summed E-state index contributed by atoms with van der Waals surface area (Å²) in [4.78, 5) is 18.2. The summed E-state index contributed by atoms with van der Waals surface area (Å²) >= 11 is 6.05. The van der Waals surface area contributed by atoms with Gasteiger partial charge in [-0.3, -0.25) is 4.79 Å². The van der Waals surface area contributed by atoms with Gasteiger partial charge in [0.1, 0.15) is 11.8 Å². The van der Waals surface area contributed by atoms with Crippen molar-refractivity contribution in [1.82, 2.24) is 14.8 Å². The molecule has 7 nitrogen and oxygen atoms in total. The molecule has 1 amide bonds. The quantitative estimate of drug-likeness (QED) is 0.399. The summed E-state index contributed by atoms with van der Waals surface area (Å²) in [5.41, 5.74) is 3.63. The molecule has 2 N–H and O–H groups in total. The van der Waals surface area contributed by atoms with Crippen molar-refractivity contribution in [2.24, 2.45) is 0 Å². The van der Waals surface area contributed by atoms with Crippen LogP contribution in [-0.4, -0.2) is 27.8 Å². The fourth-order valence-electron chi connectivity index (χ4n) is 4.01. The van der Waals surface area contributed by atoms with Gasteiger partial charge in [-0.05, 0) is 61.0 Å². The van der Waals surface area contributed by atoms with Crippen molar-refractivity contribution < 1.29 is 9.53 Å². The number of allylic oxidation sites excluding steroid dienone is 1. The van der Waals surface area contributed by atoms with Crippen molar-refractivity contribution in [3.8, 4) is 17.1 Å². The van der Waals surface area contributed by atoms with Gasteiger partial charge >= 0.3 is 0 Å². The Balaban J connectivity index is 1.61. The molecule has 3 aromatic carbocycles. The maximum atomic E-state index is 13.5. The molecule has 0 spiro atoms. The predicted molar refractivity (Wildman–Crippen MR) is 133 cm³/mol. The molecule has 4 aromatic rings. The van der Waals surface area contributed by atoms with Gasteiger partial charge in [-0.2, -0.15) is 4.98 Å². The lowest BCUT2D eigenvalue weighted by Gasteiger charge is -2.28. The normalized spacial score (nSPS) is 14.9. The molecule has 1 aromatic heterocycles. The van der Waals surface area contributed by atoms with Crippen molar-refractivity contribution in [2.45, 2.75) is 13.0 Å². The SMILES string of the molecule is COc1cccc(C2C(C(=O)Nc3ccccc3)=C(C)Nc3nc(-c4ccc(Cl)cc4)nn32)c1. The highest BCUT2D eigenvalue weighted by atomic mass is 35.5. The van der Waals surface area contributed by atoms with Crippen LogP contribution in [0, 0.1) is 0 Å². The maximum absolute atomic E-state index is 13.5. The van der Waals surface area contributed by atoms with Gasteiger partial charge in [0.2, 0.25) is 5.95 Å². The van der Waals surface area contributed by atoms with Crippen LogP contribution < -0.4 is 15.4 Å². The van der Waals surface area contributed by atoms with E-state index in [1.54, 1.807) is 23.9 Å². The Kier molecular flexibility index (Phi) is 5.77. The third kappa shape index (κ3) is 4.13. The molecule has 5 rings (SSSR count). The molecule has 1 unspecified atom stereocenters. The Labute approximate surface area is 202 Å². The van der Waals surface area contributed by atoms with Crippen LogP contribution in [0.5, 0.6) is 5.75 Å². The van der Waals surface area contributed by atoms with Gasteiger partial charge in [0.15, 0.2) is 5.82 Å². The van der Waals surface area contributed by atoms with E-state index in [0.29, 0.717) is 39.5 Å². The fraction of sp³-hybridized carbons (Fsp3) is 0.115. The lowest BCUT2D eigenvalue weighted by atomic mass is 9.95. The summed E-state index contributed by atoms with van der Waals surface area (Å²) in [6, 6.07) is 23.8. The summed E-state index contributed by atoms with van der Waals surface area (Å²) < 4.78 is 7.19. The number of methoxy groups -OCH3 is 1. The van der Waals surface area contributed by atoms with E-state index in [-0.39, 0.29) is 5.91 Å². The Morgan fingerprint density at radius 3 is 2.56 bits per heavy atom. The Hall–Kier alpha value is -4.10. The first-order valence-electron chi connectivity index (χ1n) is 10.7. The minimum absolute atomic E-state index is 0.224. The number of aromatic nitrogens is 3. The van der Waals surface area contributed by atoms with Crippen LogP contribution in [0.4, 0.5) is 11.6 Å². The van der Waals surface area contributed by atoms with Crippen LogP contribution in [0.1, 0.15) is 18.5 Å². The summed E-state index contributed by atoms with van der Waals surface area (Å²) in [5, 5.41) is 11.7. The molecule has 170 valence electrons. The molecule has 2 heterocycles. The van der Waals surface area contributed by atoms with Crippen molar-refractivity contribution >= 4 is 29.1 Å². The van der Waals surface area contributed by atoms with Gasteiger partial charge in [0.05, 0.1) is 12.7 Å². The molecule has 1 aliphatic rings. The number of hydrogen-bond acceptors (Lipinski definition) is 5.